The number of nitrogens with two attached hydrogens (primary N) is 2. The molecule has 0 saturated heterocycles. The number of unbranched alkanes of at least 4 members (excludes halogenated alkanes) is 3. The van der Waals surface area contributed by atoms with E-state index in [2.05, 4.69) is 12.2 Å². The van der Waals surface area contributed by atoms with E-state index < -0.39 is 0 Å². The number of aryl methyl sites for hydroxylation is 1. The summed E-state index contributed by atoms with van der Waals surface area (Å²) in [6.07, 6.45) is 6.82. The highest BCUT2D eigenvalue weighted by molar-refractivity contribution is 5.49. The molecule has 0 fully saturated rings. The van der Waals surface area contributed by atoms with Crippen LogP contribution in [0.2, 0.25) is 0 Å². The van der Waals surface area contributed by atoms with Gasteiger partial charge in [0.2, 0.25) is 0 Å². The van der Waals surface area contributed by atoms with Crippen LogP contribution in [0, 0.1) is 6.92 Å². The minimum Gasteiger partial charge on any atom is -0.400 e. The Morgan fingerprint density at radius 2 is 2.10 bits per heavy atom. The van der Waals surface area contributed by atoms with Gasteiger partial charge >= 0.3 is 0 Å². The summed E-state index contributed by atoms with van der Waals surface area (Å²) in [7, 11) is 0. The van der Waals surface area contributed by atoms with E-state index in [0.717, 1.165) is 17.9 Å². The molecular weight excluding hydrogens is 248 g/mol. The molecule has 5 N–H and O–H groups in total. The molecule has 20 heavy (non-hydrogen) atoms. The molecule has 0 heterocycles. The van der Waals surface area contributed by atoms with Gasteiger partial charge in [-0.15, -0.1) is 0 Å². The molecule has 1 aromatic rings. The summed E-state index contributed by atoms with van der Waals surface area (Å²) in [6.45, 7) is 5.94. The van der Waals surface area contributed by atoms with E-state index >= 15 is 0 Å². The monoisotopic (exact) mass is 276 g/mol. The van der Waals surface area contributed by atoms with Gasteiger partial charge in [0.15, 0.2) is 0 Å². The second-order valence-corrected chi connectivity index (χ2v) is 5.19. The third-order valence-electron chi connectivity index (χ3n) is 3.14. The summed E-state index contributed by atoms with van der Waals surface area (Å²) in [5.41, 5.74) is 8.83. The second kappa shape index (κ2) is 9.39. The quantitative estimate of drug-likeness (QED) is 0.368. The van der Waals surface area contributed by atoms with Crippen molar-refractivity contribution in [2.45, 2.75) is 39.5 Å². The van der Waals surface area contributed by atoms with Gasteiger partial charge in [0.05, 0.1) is 5.69 Å². The van der Waals surface area contributed by atoms with Crippen LogP contribution in [-0.4, -0.2) is 13.1 Å². The van der Waals surface area contributed by atoms with E-state index in [0.29, 0.717) is 6.54 Å². The third kappa shape index (κ3) is 6.59. The smallest absolute Gasteiger partial charge is 0.0571 e. The van der Waals surface area contributed by atoms with Gasteiger partial charge in [0.25, 0.3) is 0 Å². The van der Waals surface area contributed by atoms with Gasteiger partial charge in [0.1, 0.15) is 0 Å². The summed E-state index contributed by atoms with van der Waals surface area (Å²) < 4.78 is 0. The van der Waals surface area contributed by atoms with Crippen molar-refractivity contribution >= 4 is 5.69 Å². The lowest BCUT2D eigenvalue weighted by molar-refractivity contribution is 0.614. The highest BCUT2D eigenvalue weighted by Gasteiger charge is 1.99. The van der Waals surface area contributed by atoms with Crippen molar-refractivity contribution in [3.8, 4) is 0 Å². The molecule has 0 unspecified atom stereocenters. The summed E-state index contributed by atoms with van der Waals surface area (Å²) in [4.78, 5) is 0. The minimum absolute atomic E-state index is 0.672. The van der Waals surface area contributed by atoms with Crippen molar-refractivity contribution < 1.29 is 0 Å². The lowest BCUT2D eigenvalue weighted by Gasteiger charge is -2.16. The van der Waals surface area contributed by atoms with Gasteiger partial charge in [-0.25, -0.2) is 5.84 Å². The van der Waals surface area contributed by atoms with Gasteiger partial charge in [0, 0.05) is 18.4 Å². The molecule has 0 spiro atoms. The van der Waals surface area contributed by atoms with E-state index in [1.165, 1.54) is 31.2 Å². The van der Waals surface area contributed by atoms with Gasteiger partial charge < -0.3 is 11.1 Å². The van der Waals surface area contributed by atoms with E-state index in [9.17, 15) is 0 Å². The SMILES string of the molecule is CCCCCCNC/C(N)=C/N(N)c1cccc(C)c1. The summed E-state index contributed by atoms with van der Waals surface area (Å²) in [5, 5.41) is 4.91. The lowest BCUT2D eigenvalue weighted by Crippen LogP contribution is -2.29. The zero-order valence-electron chi connectivity index (χ0n) is 12.7. The van der Waals surface area contributed by atoms with Crippen LogP contribution in [0.4, 0.5) is 5.69 Å². The maximum absolute atomic E-state index is 5.98. The molecule has 0 amide bonds. The molecule has 4 nitrogen and oxygen atoms in total. The molecule has 112 valence electrons. The maximum atomic E-state index is 5.98. The first-order chi connectivity index (χ1) is 9.63. The van der Waals surface area contributed by atoms with Crippen LogP contribution >= 0.6 is 0 Å². The molecule has 0 atom stereocenters. The van der Waals surface area contributed by atoms with Gasteiger partial charge in [-0.3, -0.25) is 5.01 Å². The molecule has 0 saturated carbocycles. The number of hydrogen-bond acceptors (Lipinski definition) is 4. The van der Waals surface area contributed by atoms with Crippen molar-refractivity contribution in [3.05, 3.63) is 41.7 Å². The maximum Gasteiger partial charge on any atom is 0.0571 e. The Hall–Kier alpha value is -1.52. The van der Waals surface area contributed by atoms with Crippen molar-refractivity contribution in [2.24, 2.45) is 11.6 Å². The summed E-state index contributed by atoms with van der Waals surface area (Å²) >= 11 is 0. The van der Waals surface area contributed by atoms with Gasteiger partial charge in [-0.2, -0.15) is 0 Å². The minimum atomic E-state index is 0.672. The van der Waals surface area contributed by atoms with Crippen molar-refractivity contribution in [1.82, 2.24) is 5.32 Å². The standard InChI is InChI=1S/C16H28N4/c1-3-4-5-6-10-19-12-15(17)13-20(18)16-9-7-8-14(2)11-16/h7-9,11,13,19H,3-6,10,12,17-18H2,1-2H3/b15-13-. The second-order valence-electron chi connectivity index (χ2n) is 5.19. The highest BCUT2D eigenvalue weighted by atomic mass is 15.4. The molecule has 0 aliphatic heterocycles. The Balaban J connectivity index is 2.33. The number of anilines is 1. The van der Waals surface area contributed by atoms with Crippen LogP contribution in [0.15, 0.2) is 36.2 Å². The van der Waals surface area contributed by atoms with E-state index in [1.807, 2.05) is 31.2 Å². The molecule has 4 heteroatoms. The van der Waals surface area contributed by atoms with Crippen LogP contribution in [0.25, 0.3) is 0 Å². The zero-order valence-corrected chi connectivity index (χ0v) is 12.7. The third-order valence-corrected chi connectivity index (χ3v) is 3.14. The number of nitrogens with zero attached hydrogens (tertiary/aromatic N) is 1. The Kier molecular flexibility index (Phi) is 7.77. The molecule has 0 radical (unpaired) electrons. The van der Waals surface area contributed by atoms with Crippen LogP contribution < -0.4 is 21.9 Å². The molecule has 1 rings (SSSR count). The summed E-state index contributed by atoms with van der Waals surface area (Å²) in [5.74, 6) is 5.98. The Bertz CT molecular complexity index is 415. The zero-order chi connectivity index (χ0) is 14.8. The molecule has 0 aliphatic carbocycles. The Labute approximate surface area is 122 Å². The first kappa shape index (κ1) is 16.5. The van der Waals surface area contributed by atoms with Crippen LogP contribution in [0.5, 0.6) is 0 Å². The first-order valence-corrected chi connectivity index (χ1v) is 7.41. The van der Waals surface area contributed by atoms with Crippen LogP contribution in [0.1, 0.15) is 38.2 Å². The fraction of sp³-hybridized carbons (Fsp3) is 0.500. The van der Waals surface area contributed by atoms with Crippen molar-refractivity contribution in [2.75, 3.05) is 18.1 Å². The molecule has 1 aromatic carbocycles. The fourth-order valence-electron chi connectivity index (χ4n) is 2.00. The van der Waals surface area contributed by atoms with Gasteiger partial charge in [-0.1, -0.05) is 38.3 Å². The number of nitrogens with one attached hydrogen (secondary N) is 1. The van der Waals surface area contributed by atoms with Crippen molar-refractivity contribution in [3.63, 3.8) is 0 Å². The molecule has 0 bridgehead atoms. The number of rotatable bonds is 9. The van der Waals surface area contributed by atoms with Crippen LogP contribution in [0.3, 0.4) is 0 Å². The predicted octanol–water partition coefficient (Wildman–Crippen LogP) is 2.65. The first-order valence-electron chi connectivity index (χ1n) is 7.41. The Morgan fingerprint density at radius 1 is 1.30 bits per heavy atom. The lowest BCUT2D eigenvalue weighted by atomic mass is 10.2. The Morgan fingerprint density at radius 3 is 2.80 bits per heavy atom. The van der Waals surface area contributed by atoms with E-state index in [4.69, 9.17) is 11.6 Å². The van der Waals surface area contributed by atoms with Crippen molar-refractivity contribution in [1.29, 1.82) is 0 Å². The van der Waals surface area contributed by atoms with E-state index in [1.54, 1.807) is 11.2 Å². The topological polar surface area (TPSA) is 67.3 Å². The number of benzene rings is 1. The molecule has 0 aliphatic rings. The molecular formula is C16H28N4. The predicted molar refractivity (Wildman–Crippen MR) is 87.1 cm³/mol. The number of hydrazine groups is 1. The number of hydrogen-bond donors (Lipinski definition) is 3. The average molecular weight is 276 g/mol. The normalized spacial score (nSPS) is 11.7. The fourth-order valence-corrected chi connectivity index (χ4v) is 2.00. The largest absolute Gasteiger partial charge is 0.400 e. The highest BCUT2D eigenvalue weighted by Crippen LogP contribution is 2.13. The van der Waals surface area contributed by atoms with E-state index in [-0.39, 0.29) is 0 Å². The molecule has 0 aromatic heterocycles. The van der Waals surface area contributed by atoms with Gasteiger partial charge in [-0.05, 0) is 37.6 Å². The van der Waals surface area contributed by atoms with Crippen LogP contribution in [-0.2, 0) is 0 Å². The average Bonchev–Trinajstić information content (AvgIpc) is 2.42. The summed E-state index contributed by atoms with van der Waals surface area (Å²) in [6, 6.07) is 8.03.